The maximum atomic E-state index is 12.7. The van der Waals surface area contributed by atoms with Gasteiger partial charge in [0, 0.05) is 26.2 Å². The number of amides is 1. The molecule has 1 aromatic rings. The highest BCUT2D eigenvalue weighted by Crippen LogP contribution is 2.27. The minimum Gasteiger partial charge on any atom is -0.481 e. The third-order valence-corrected chi connectivity index (χ3v) is 4.10. The Morgan fingerprint density at radius 2 is 2.05 bits per heavy atom. The number of hydrogen-bond acceptors (Lipinski definition) is 4. The van der Waals surface area contributed by atoms with Crippen LogP contribution in [0.15, 0.2) is 0 Å². The van der Waals surface area contributed by atoms with Gasteiger partial charge in [0.2, 0.25) is 5.88 Å². The van der Waals surface area contributed by atoms with Crippen LogP contribution in [0.25, 0.3) is 0 Å². The Morgan fingerprint density at radius 3 is 2.55 bits per heavy atom. The number of carbonyl (C=O) groups excluding carboxylic acids is 1. The van der Waals surface area contributed by atoms with Crippen molar-refractivity contribution in [3.05, 3.63) is 11.3 Å². The standard InChI is InChI=1S/C14H24N4O2/c1-9-7-18(8-11(9)16(3)4)13(19)12-10(2)15-17(5)14(12)20-6/h9,11H,7-8H2,1-6H3/t9-,11-/m0/s1. The lowest BCUT2D eigenvalue weighted by Crippen LogP contribution is -2.36. The van der Waals surface area contributed by atoms with E-state index >= 15 is 0 Å². The maximum absolute atomic E-state index is 12.7. The summed E-state index contributed by atoms with van der Waals surface area (Å²) >= 11 is 0. The zero-order chi connectivity index (χ0) is 15.0. The Bertz CT molecular complexity index is 510. The summed E-state index contributed by atoms with van der Waals surface area (Å²) in [6.07, 6.45) is 0. The van der Waals surface area contributed by atoms with Crippen molar-refractivity contribution >= 4 is 5.91 Å². The van der Waals surface area contributed by atoms with E-state index in [4.69, 9.17) is 4.74 Å². The summed E-state index contributed by atoms with van der Waals surface area (Å²) in [6.45, 7) is 5.56. The summed E-state index contributed by atoms with van der Waals surface area (Å²) in [5.74, 6) is 1.02. The first-order chi connectivity index (χ1) is 9.36. The molecular formula is C14H24N4O2. The number of likely N-dealkylation sites (tertiary alicyclic amines) is 1. The van der Waals surface area contributed by atoms with E-state index in [1.807, 2.05) is 11.8 Å². The number of aromatic nitrogens is 2. The number of ether oxygens (including phenoxy) is 1. The molecule has 0 spiro atoms. The maximum Gasteiger partial charge on any atom is 0.261 e. The summed E-state index contributed by atoms with van der Waals surface area (Å²) in [6, 6.07) is 0.405. The molecule has 1 aromatic heterocycles. The van der Waals surface area contributed by atoms with Crippen LogP contribution < -0.4 is 4.74 Å². The fourth-order valence-corrected chi connectivity index (χ4v) is 3.06. The van der Waals surface area contributed by atoms with E-state index in [-0.39, 0.29) is 5.91 Å². The van der Waals surface area contributed by atoms with E-state index in [1.165, 1.54) is 0 Å². The molecule has 1 aliphatic heterocycles. The van der Waals surface area contributed by atoms with Gasteiger partial charge in [0.05, 0.1) is 12.8 Å². The van der Waals surface area contributed by atoms with Crippen LogP contribution >= 0.6 is 0 Å². The molecule has 1 fully saturated rings. The van der Waals surface area contributed by atoms with Crippen molar-refractivity contribution in [1.29, 1.82) is 0 Å². The lowest BCUT2D eigenvalue weighted by molar-refractivity contribution is 0.0777. The number of methoxy groups -OCH3 is 1. The molecule has 1 saturated heterocycles. The lowest BCUT2D eigenvalue weighted by atomic mass is 10.1. The normalized spacial score (nSPS) is 22.6. The highest BCUT2D eigenvalue weighted by molar-refractivity contribution is 5.97. The van der Waals surface area contributed by atoms with Crippen molar-refractivity contribution in [2.24, 2.45) is 13.0 Å². The first kappa shape index (κ1) is 14.8. The van der Waals surface area contributed by atoms with Crippen LogP contribution in [0.4, 0.5) is 0 Å². The second-order valence-electron chi connectivity index (χ2n) is 5.81. The van der Waals surface area contributed by atoms with Crippen LogP contribution in [0.1, 0.15) is 23.0 Å². The van der Waals surface area contributed by atoms with Crippen molar-refractivity contribution < 1.29 is 9.53 Å². The van der Waals surface area contributed by atoms with Crippen LogP contribution in [0.3, 0.4) is 0 Å². The van der Waals surface area contributed by atoms with E-state index in [0.717, 1.165) is 18.8 Å². The Morgan fingerprint density at radius 1 is 1.40 bits per heavy atom. The molecule has 0 aromatic carbocycles. The lowest BCUT2D eigenvalue weighted by Gasteiger charge is -2.22. The first-order valence-electron chi connectivity index (χ1n) is 6.90. The predicted octanol–water partition coefficient (Wildman–Crippen LogP) is 0.759. The molecule has 0 aliphatic carbocycles. The SMILES string of the molecule is COc1c(C(=O)N2C[C@H](C)[C@@H](N(C)C)C2)c(C)nn1C. The molecule has 20 heavy (non-hydrogen) atoms. The summed E-state index contributed by atoms with van der Waals surface area (Å²) < 4.78 is 6.94. The van der Waals surface area contributed by atoms with E-state index in [0.29, 0.717) is 23.4 Å². The van der Waals surface area contributed by atoms with Gasteiger partial charge in [-0.25, -0.2) is 4.68 Å². The van der Waals surface area contributed by atoms with Gasteiger partial charge in [-0.2, -0.15) is 5.10 Å². The smallest absolute Gasteiger partial charge is 0.261 e. The average Bonchev–Trinajstić information content (AvgIpc) is 2.88. The molecular weight excluding hydrogens is 256 g/mol. The van der Waals surface area contributed by atoms with Crippen molar-refractivity contribution in [2.45, 2.75) is 19.9 Å². The second-order valence-corrected chi connectivity index (χ2v) is 5.81. The minimum atomic E-state index is 0.0173. The first-order valence-corrected chi connectivity index (χ1v) is 6.90. The number of hydrogen-bond donors (Lipinski definition) is 0. The molecule has 6 heteroatoms. The molecule has 6 nitrogen and oxygen atoms in total. The van der Waals surface area contributed by atoms with Crippen molar-refractivity contribution in [2.75, 3.05) is 34.3 Å². The van der Waals surface area contributed by atoms with Gasteiger partial charge in [-0.15, -0.1) is 0 Å². The van der Waals surface area contributed by atoms with Crippen LogP contribution in [-0.2, 0) is 7.05 Å². The Labute approximate surface area is 120 Å². The largest absolute Gasteiger partial charge is 0.481 e. The topological polar surface area (TPSA) is 50.6 Å². The summed E-state index contributed by atoms with van der Waals surface area (Å²) in [5, 5.41) is 4.28. The summed E-state index contributed by atoms with van der Waals surface area (Å²) in [5.41, 5.74) is 1.30. The van der Waals surface area contributed by atoms with Crippen LogP contribution in [0, 0.1) is 12.8 Å². The summed E-state index contributed by atoms with van der Waals surface area (Å²) in [4.78, 5) is 16.8. The van der Waals surface area contributed by atoms with E-state index in [9.17, 15) is 4.79 Å². The Kier molecular flexibility index (Phi) is 4.04. The van der Waals surface area contributed by atoms with E-state index in [1.54, 1.807) is 18.8 Å². The molecule has 0 bridgehead atoms. The highest BCUT2D eigenvalue weighted by Gasteiger charge is 2.36. The van der Waals surface area contributed by atoms with Gasteiger partial charge in [0.15, 0.2) is 0 Å². The number of nitrogens with zero attached hydrogens (tertiary/aromatic N) is 4. The van der Waals surface area contributed by atoms with E-state index < -0.39 is 0 Å². The molecule has 0 N–H and O–H groups in total. The third kappa shape index (κ3) is 2.40. The van der Waals surface area contributed by atoms with Crippen molar-refractivity contribution in [3.63, 3.8) is 0 Å². The quantitative estimate of drug-likeness (QED) is 0.820. The average molecular weight is 280 g/mol. The van der Waals surface area contributed by atoms with Crippen molar-refractivity contribution in [1.82, 2.24) is 19.6 Å². The predicted molar refractivity (Wildman–Crippen MR) is 77.0 cm³/mol. The summed E-state index contributed by atoms with van der Waals surface area (Å²) in [7, 11) is 7.48. The highest BCUT2D eigenvalue weighted by atomic mass is 16.5. The molecule has 0 radical (unpaired) electrons. The fourth-order valence-electron chi connectivity index (χ4n) is 3.06. The van der Waals surface area contributed by atoms with Gasteiger partial charge in [-0.05, 0) is 26.9 Å². The Hall–Kier alpha value is -1.56. The van der Waals surface area contributed by atoms with Gasteiger partial charge in [0.25, 0.3) is 5.91 Å². The fraction of sp³-hybridized carbons (Fsp3) is 0.714. The molecule has 1 amide bonds. The van der Waals surface area contributed by atoms with Crippen molar-refractivity contribution in [3.8, 4) is 5.88 Å². The zero-order valence-electron chi connectivity index (χ0n) is 13.2. The van der Waals surface area contributed by atoms with Crippen LogP contribution in [0.2, 0.25) is 0 Å². The van der Waals surface area contributed by atoms with Crippen LogP contribution in [-0.4, -0.2) is 65.8 Å². The number of likely N-dealkylation sites (N-methyl/N-ethyl adjacent to an activating group) is 1. The molecule has 0 saturated carbocycles. The third-order valence-electron chi connectivity index (χ3n) is 4.10. The molecule has 0 unspecified atom stereocenters. The monoisotopic (exact) mass is 280 g/mol. The number of carbonyl (C=O) groups is 1. The number of rotatable bonds is 3. The molecule has 2 heterocycles. The minimum absolute atomic E-state index is 0.0173. The van der Waals surface area contributed by atoms with Gasteiger partial charge in [0.1, 0.15) is 5.56 Å². The Balaban J connectivity index is 2.25. The van der Waals surface area contributed by atoms with Gasteiger partial charge >= 0.3 is 0 Å². The van der Waals surface area contributed by atoms with Gasteiger partial charge in [-0.3, -0.25) is 4.79 Å². The van der Waals surface area contributed by atoms with Gasteiger partial charge in [-0.1, -0.05) is 6.92 Å². The molecule has 2 rings (SSSR count). The second kappa shape index (κ2) is 5.44. The van der Waals surface area contributed by atoms with E-state index in [2.05, 4.69) is 31.0 Å². The van der Waals surface area contributed by atoms with Gasteiger partial charge < -0.3 is 14.5 Å². The molecule has 1 aliphatic rings. The van der Waals surface area contributed by atoms with Crippen LogP contribution in [0.5, 0.6) is 5.88 Å². The molecule has 112 valence electrons. The zero-order valence-corrected chi connectivity index (χ0v) is 13.2. The molecule has 2 atom stereocenters. The number of aryl methyl sites for hydroxylation is 2.